The number of aliphatic hydroxyl groups excluding tert-OH is 1. The van der Waals surface area contributed by atoms with Gasteiger partial charge in [-0.3, -0.25) is 18.9 Å². The van der Waals surface area contributed by atoms with Gasteiger partial charge in [-0.05, 0) is 36.9 Å². The van der Waals surface area contributed by atoms with Gasteiger partial charge in [0.25, 0.3) is 11.5 Å². The summed E-state index contributed by atoms with van der Waals surface area (Å²) in [6.07, 6.45) is 2.11. The van der Waals surface area contributed by atoms with Crippen molar-refractivity contribution in [2.45, 2.75) is 25.5 Å². The molecule has 0 aliphatic carbocycles. The van der Waals surface area contributed by atoms with Crippen molar-refractivity contribution in [3.63, 3.8) is 0 Å². The van der Waals surface area contributed by atoms with Crippen molar-refractivity contribution in [3.05, 3.63) is 70.6 Å². The second kappa shape index (κ2) is 7.76. The number of nitrogens with zero attached hydrogens (tertiary/aromatic N) is 3. The quantitative estimate of drug-likeness (QED) is 0.393. The molecular weight excluding hydrogens is 392 g/mol. The van der Waals surface area contributed by atoms with E-state index in [4.69, 9.17) is 4.98 Å². The zero-order valence-corrected chi connectivity index (χ0v) is 17.3. The van der Waals surface area contributed by atoms with Crippen LogP contribution in [-0.2, 0) is 0 Å². The van der Waals surface area contributed by atoms with Crippen LogP contribution in [-0.4, -0.2) is 57.1 Å². The molecule has 158 valence electrons. The van der Waals surface area contributed by atoms with Crippen LogP contribution in [0.2, 0.25) is 0 Å². The number of carbonyl (C=O) groups is 1. The van der Waals surface area contributed by atoms with Gasteiger partial charge >= 0.3 is 0 Å². The standard InChI is InChI=1S/C24H24N4O3/c1-15(13-27-12-10-17(29)14-27)25-23(30)20-7-4-11-28-22(20)26-21-18-6-3-2-5-16(18)8-9-19(21)24(28)31/h2-9,11,15,17,29H,10,12-14H2,1H3,(H,25,30)/t15?,17-/m0/s1. The fourth-order valence-corrected chi connectivity index (χ4v) is 4.45. The first-order valence-electron chi connectivity index (χ1n) is 10.6. The van der Waals surface area contributed by atoms with Crippen molar-refractivity contribution >= 4 is 33.2 Å². The van der Waals surface area contributed by atoms with Crippen LogP contribution < -0.4 is 10.9 Å². The summed E-state index contributed by atoms with van der Waals surface area (Å²) >= 11 is 0. The highest BCUT2D eigenvalue weighted by molar-refractivity contribution is 6.07. The third kappa shape index (κ3) is 3.56. The summed E-state index contributed by atoms with van der Waals surface area (Å²) in [6.45, 7) is 4.06. The number of carbonyl (C=O) groups excluding carboxylic acids is 1. The van der Waals surface area contributed by atoms with Crippen LogP contribution in [0.3, 0.4) is 0 Å². The van der Waals surface area contributed by atoms with Gasteiger partial charge in [-0.15, -0.1) is 0 Å². The molecule has 3 heterocycles. The molecule has 1 saturated heterocycles. The third-order valence-corrected chi connectivity index (χ3v) is 5.94. The van der Waals surface area contributed by atoms with E-state index in [-0.39, 0.29) is 23.6 Å². The minimum atomic E-state index is -0.292. The lowest BCUT2D eigenvalue weighted by Crippen LogP contribution is -2.41. The van der Waals surface area contributed by atoms with E-state index in [1.807, 2.05) is 37.3 Å². The largest absolute Gasteiger partial charge is 0.392 e. The highest BCUT2D eigenvalue weighted by atomic mass is 16.3. The minimum absolute atomic E-state index is 0.105. The molecule has 1 amide bonds. The molecule has 1 fully saturated rings. The molecular formula is C24H24N4O3. The van der Waals surface area contributed by atoms with E-state index >= 15 is 0 Å². The van der Waals surface area contributed by atoms with Crippen LogP contribution in [0.5, 0.6) is 0 Å². The Labute approximate surface area is 178 Å². The molecule has 5 rings (SSSR count). The average Bonchev–Trinajstić information content (AvgIpc) is 3.17. The number of rotatable bonds is 4. The fraction of sp³-hybridized carbons (Fsp3) is 0.292. The fourth-order valence-electron chi connectivity index (χ4n) is 4.45. The molecule has 0 bridgehead atoms. The number of benzene rings is 2. The highest BCUT2D eigenvalue weighted by Crippen LogP contribution is 2.23. The maximum Gasteiger partial charge on any atom is 0.265 e. The molecule has 2 aromatic carbocycles. The molecule has 31 heavy (non-hydrogen) atoms. The molecule has 7 nitrogen and oxygen atoms in total. The van der Waals surface area contributed by atoms with Gasteiger partial charge in [0.15, 0.2) is 5.65 Å². The Morgan fingerprint density at radius 2 is 2.03 bits per heavy atom. The molecule has 0 spiro atoms. The van der Waals surface area contributed by atoms with Gasteiger partial charge in [0.2, 0.25) is 0 Å². The number of pyridine rings is 1. The minimum Gasteiger partial charge on any atom is -0.392 e. The SMILES string of the molecule is CC(CN1CC[C@H](O)C1)NC(=O)c1cccn2c(=O)c3ccc4ccccc4c3nc12. The summed E-state index contributed by atoms with van der Waals surface area (Å²) < 4.78 is 1.44. The Morgan fingerprint density at radius 3 is 2.84 bits per heavy atom. The van der Waals surface area contributed by atoms with Crippen molar-refractivity contribution < 1.29 is 9.90 Å². The number of β-amino-alcohol motifs (C(OH)–C–C–N with tert-alkyl or cyclic N) is 1. The van der Waals surface area contributed by atoms with Gasteiger partial charge in [-0.1, -0.05) is 30.3 Å². The van der Waals surface area contributed by atoms with Crippen molar-refractivity contribution in [2.24, 2.45) is 0 Å². The van der Waals surface area contributed by atoms with Crippen LogP contribution in [0.15, 0.2) is 59.5 Å². The average molecular weight is 416 g/mol. The first-order valence-corrected chi connectivity index (χ1v) is 10.6. The van der Waals surface area contributed by atoms with Gasteiger partial charge in [0.05, 0.1) is 22.6 Å². The Balaban J connectivity index is 1.55. The smallest absolute Gasteiger partial charge is 0.265 e. The zero-order chi connectivity index (χ0) is 21.5. The van der Waals surface area contributed by atoms with E-state index < -0.39 is 0 Å². The Kier molecular flexibility index (Phi) is 4.92. The van der Waals surface area contributed by atoms with Crippen LogP contribution in [0.25, 0.3) is 27.3 Å². The third-order valence-electron chi connectivity index (χ3n) is 5.94. The summed E-state index contributed by atoms with van der Waals surface area (Å²) in [5, 5.41) is 15.1. The lowest BCUT2D eigenvalue weighted by Gasteiger charge is -2.21. The van der Waals surface area contributed by atoms with Crippen molar-refractivity contribution in [1.82, 2.24) is 19.6 Å². The maximum atomic E-state index is 13.2. The van der Waals surface area contributed by atoms with Gasteiger partial charge in [-0.25, -0.2) is 4.98 Å². The second-order valence-electron chi connectivity index (χ2n) is 8.29. The van der Waals surface area contributed by atoms with Crippen molar-refractivity contribution in [1.29, 1.82) is 0 Å². The number of amides is 1. The molecule has 4 aromatic rings. The molecule has 7 heteroatoms. The van der Waals surface area contributed by atoms with Crippen LogP contribution in [0.1, 0.15) is 23.7 Å². The molecule has 2 aromatic heterocycles. The predicted molar refractivity (Wildman–Crippen MR) is 120 cm³/mol. The number of hydrogen-bond acceptors (Lipinski definition) is 5. The molecule has 1 unspecified atom stereocenters. The van der Waals surface area contributed by atoms with Gasteiger partial charge in [0.1, 0.15) is 0 Å². The second-order valence-corrected chi connectivity index (χ2v) is 8.29. The monoisotopic (exact) mass is 416 g/mol. The lowest BCUT2D eigenvalue weighted by molar-refractivity contribution is 0.0931. The summed E-state index contributed by atoms with van der Waals surface area (Å²) in [4.78, 5) is 33.1. The van der Waals surface area contributed by atoms with Crippen LogP contribution in [0, 0.1) is 0 Å². The number of nitrogens with one attached hydrogen (secondary N) is 1. The highest BCUT2D eigenvalue weighted by Gasteiger charge is 2.23. The molecule has 2 N–H and O–H groups in total. The van der Waals surface area contributed by atoms with Gasteiger partial charge in [0, 0.05) is 37.3 Å². The summed E-state index contributed by atoms with van der Waals surface area (Å²) in [5.74, 6) is -0.267. The first kappa shape index (κ1) is 19.7. The van der Waals surface area contributed by atoms with E-state index in [9.17, 15) is 14.7 Å². The maximum absolute atomic E-state index is 13.2. The topological polar surface area (TPSA) is 86.9 Å². The van der Waals surface area contributed by atoms with Crippen LogP contribution in [0.4, 0.5) is 0 Å². The van der Waals surface area contributed by atoms with Gasteiger partial charge in [-0.2, -0.15) is 0 Å². The predicted octanol–water partition coefficient (Wildman–Crippen LogP) is 2.19. The molecule has 0 radical (unpaired) electrons. The van der Waals surface area contributed by atoms with E-state index in [1.54, 1.807) is 24.4 Å². The zero-order valence-electron chi connectivity index (χ0n) is 17.3. The molecule has 1 aliphatic heterocycles. The van der Waals surface area contributed by atoms with E-state index in [2.05, 4.69) is 10.2 Å². The van der Waals surface area contributed by atoms with E-state index in [0.29, 0.717) is 35.2 Å². The van der Waals surface area contributed by atoms with E-state index in [0.717, 1.165) is 23.7 Å². The van der Waals surface area contributed by atoms with E-state index in [1.165, 1.54) is 4.40 Å². The summed E-state index contributed by atoms with van der Waals surface area (Å²) in [6, 6.07) is 14.8. The van der Waals surface area contributed by atoms with Crippen LogP contribution >= 0.6 is 0 Å². The lowest BCUT2D eigenvalue weighted by atomic mass is 10.1. The molecule has 1 aliphatic rings. The Hall–Kier alpha value is -3.29. The number of aliphatic hydroxyl groups is 1. The normalized spacial score (nSPS) is 18.1. The molecule has 0 saturated carbocycles. The van der Waals surface area contributed by atoms with Gasteiger partial charge < -0.3 is 10.4 Å². The molecule has 2 atom stereocenters. The summed E-state index contributed by atoms with van der Waals surface area (Å²) in [5.41, 5.74) is 1.11. The Bertz CT molecular complexity index is 1360. The number of aromatic nitrogens is 2. The number of likely N-dealkylation sites (tertiary alicyclic amines) is 1. The van der Waals surface area contributed by atoms with Crippen molar-refractivity contribution in [3.8, 4) is 0 Å². The number of fused-ring (bicyclic) bond motifs is 4. The van der Waals surface area contributed by atoms with Crippen molar-refractivity contribution in [2.75, 3.05) is 19.6 Å². The number of hydrogen-bond donors (Lipinski definition) is 2. The summed E-state index contributed by atoms with van der Waals surface area (Å²) in [7, 11) is 0. The first-order chi connectivity index (χ1) is 15.0. The Morgan fingerprint density at radius 1 is 1.19 bits per heavy atom.